The number of nitrogens with zero attached hydrogens (tertiary/aromatic N) is 5. The minimum atomic E-state index is -0.499. The summed E-state index contributed by atoms with van der Waals surface area (Å²) in [5, 5.41) is 23.0. The molecule has 2 N–H and O–H groups in total. The van der Waals surface area contributed by atoms with Crippen molar-refractivity contribution in [2.75, 3.05) is 6.61 Å². The van der Waals surface area contributed by atoms with Gasteiger partial charge in [-0.3, -0.25) is 10.1 Å². The van der Waals surface area contributed by atoms with Gasteiger partial charge in [0.15, 0.2) is 10.8 Å². The maximum Gasteiger partial charge on any atom is 0.271 e. The first-order chi connectivity index (χ1) is 10.9. The highest BCUT2D eigenvalue weighted by molar-refractivity contribution is 7.80. The Morgan fingerprint density at radius 2 is 2.26 bits per heavy atom. The van der Waals surface area contributed by atoms with E-state index in [2.05, 4.69) is 15.3 Å². The van der Waals surface area contributed by atoms with Crippen LogP contribution in [0.1, 0.15) is 12.6 Å². The number of benzene rings is 1. The number of azo groups is 1. The van der Waals surface area contributed by atoms with Gasteiger partial charge >= 0.3 is 0 Å². The molecule has 23 heavy (non-hydrogen) atoms. The summed E-state index contributed by atoms with van der Waals surface area (Å²) in [6.07, 6.45) is 0. The molecule has 120 valence electrons. The van der Waals surface area contributed by atoms with Crippen LogP contribution in [0.5, 0.6) is 5.88 Å². The Labute approximate surface area is 136 Å². The van der Waals surface area contributed by atoms with Crippen molar-refractivity contribution in [3.05, 3.63) is 40.1 Å². The molecule has 0 fully saturated rings. The fraction of sp³-hybridized carbons (Fsp3) is 0.231. The van der Waals surface area contributed by atoms with Crippen LogP contribution in [0.4, 0.5) is 17.1 Å². The molecule has 10 heteroatoms. The number of aryl methyl sites for hydroxylation is 1. The van der Waals surface area contributed by atoms with Crippen molar-refractivity contribution in [2.24, 2.45) is 16.0 Å². The number of hydrogen-bond acceptors (Lipinski definition) is 7. The molecule has 0 radical (unpaired) electrons. The molecule has 0 amide bonds. The van der Waals surface area contributed by atoms with E-state index in [4.69, 9.17) is 22.7 Å². The van der Waals surface area contributed by atoms with Gasteiger partial charge in [0.1, 0.15) is 0 Å². The van der Waals surface area contributed by atoms with Crippen LogP contribution in [0, 0.1) is 17.0 Å². The van der Waals surface area contributed by atoms with Crippen molar-refractivity contribution in [3.8, 4) is 5.88 Å². The van der Waals surface area contributed by atoms with Crippen molar-refractivity contribution in [3.63, 3.8) is 0 Å². The van der Waals surface area contributed by atoms with Crippen LogP contribution in [-0.2, 0) is 0 Å². The van der Waals surface area contributed by atoms with Crippen molar-refractivity contribution in [1.82, 2.24) is 9.78 Å². The van der Waals surface area contributed by atoms with Crippen LogP contribution in [0.15, 0.2) is 34.5 Å². The second kappa shape index (κ2) is 6.92. The summed E-state index contributed by atoms with van der Waals surface area (Å²) in [5.41, 5.74) is 6.75. The first kappa shape index (κ1) is 16.5. The minimum Gasteiger partial charge on any atom is -0.476 e. The second-order valence-corrected chi connectivity index (χ2v) is 4.82. The summed E-state index contributed by atoms with van der Waals surface area (Å²) in [7, 11) is 0. The normalized spacial score (nSPS) is 10.9. The lowest BCUT2D eigenvalue weighted by Gasteiger charge is -2.05. The van der Waals surface area contributed by atoms with Gasteiger partial charge in [-0.25, -0.2) is 0 Å². The summed E-state index contributed by atoms with van der Waals surface area (Å²) in [6.45, 7) is 3.87. The van der Waals surface area contributed by atoms with Gasteiger partial charge in [-0.05, 0) is 32.1 Å². The van der Waals surface area contributed by atoms with E-state index in [9.17, 15) is 10.1 Å². The average Bonchev–Trinajstić information content (AvgIpc) is 2.82. The van der Waals surface area contributed by atoms with Gasteiger partial charge in [0, 0.05) is 12.1 Å². The lowest BCUT2D eigenvalue weighted by molar-refractivity contribution is -0.384. The third-order valence-electron chi connectivity index (χ3n) is 2.78. The topological polar surface area (TPSA) is 121 Å². The Morgan fingerprint density at radius 1 is 1.52 bits per heavy atom. The fourth-order valence-corrected chi connectivity index (χ4v) is 1.93. The molecule has 2 aromatic rings. The molecule has 0 aliphatic heterocycles. The van der Waals surface area contributed by atoms with Crippen molar-refractivity contribution in [2.45, 2.75) is 13.8 Å². The van der Waals surface area contributed by atoms with Gasteiger partial charge in [-0.15, -0.1) is 5.11 Å². The SMILES string of the molecule is CCOc1c(N=Nc2cccc([N+](=O)[O-])c2)c(C)nn1C(N)=S. The number of hydrogen-bond donors (Lipinski definition) is 1. The van der Waals surface area contributed by atoms with Crippen molar-refractivity contribution in [1.29, 1.82) is 0 Å². The van der Waals surface area contributed by atoms with Crippen LogP contribution in [0.3, 0.4) is 0 Å². The minimum absolute atomic E-state index is 0.0216. The first-order valence-corrected chi connectivity index (χ1v) is 7.03. The predicted octanol–water partition coefficient (Wildman–Crippen LogP) is 3.01. The second-order valence-electron chi connectivity index (χ2n) is 4.40. The molecule has 0 aliphatic carbocycles. The zero-order valence-corrected chi connectivity index (χ0v) is 13.3. The number of non-ortho nitro benzene ring substituents is 1. The summed E-state index contributed by atoms with van der Waals surface area (Å²) in [5.74, 6) is 0.284. The van der Waals surface area contributed by atoms with Gasteiger partial charge in [0.05, 0.1) is 22.9 Å². The lowest BCUT2D eigenvalue weighted by atomic mass is 10.3. The number of rotatable bonds is 5. The van der Waals surface area contributed by atoms with Crippen LogP contribution in [0.2, 0.25) is 0 Å². The molecular weight excluding hydrogens is 320 g/mol. The molecular formula is C13H14N6O3S. The summed E-state index contributed by atoms with van der Waals surface area (Å²) in [4.78, 5) is 10.3. The van der Waals surface area contributed by atoms with Crippen molar-refractivity contribution >= 4 is 34.4 Å². The highest BCUT2D eigenvalue weighted by Gasteiger charge is 2.18. The van der Waals surface area contributed by atoms with Gasteiger partial charge in [-0.1, -0.05) is 6.07 Å². The molecule has 0 saturated heterocycles. The predicted molar refractivity (Wildman–Crippen MR) is 87.6 cm³/mol. The maximum absolute atomic E-state index is 10.8. The first-order valence-electron chi connectivity index (χ1n) is 6.62. The Balaban J connectivity index is 2.41. The van der Waals surface area contributed by atoms with Crippen LogP contribution >= 0.6 is 12.2 Å². The number of ether oxygens (including phenoxy) is 1. The van der Waals surface area contributed by atoms with Gasteiger partial charge in [0.2, 0.25) is 5.88 Å². The van der Waals surface area contributed by atoms with Gasteiger partial charge < -0.3 is 10.5 Å². The molecule has 0 atom stereocenters. The van der Waals surface area contributed by atoms with E-state index in [1.165, 1.54) is 22.9 Å². The standard InChI is InChI=1S/C13H14N6O3S/c1-3-22-12-11(8(2)17-18(12)13(14)23)16-15-9-5-4-6-10(7-9)19(20)21/h4-7H,3H2,1-2H3,(H2,14,23). The number of nitro benzene ring substituents is 1. The highest BCUT2D eigenvalue weighted by Crippen LogP contribution is 2.33. The van der Waals surface area contributed by atoms with E-state index in [1.807, 2.05) is 0 Å². The molecule has 0 saturated carbocycles. The molecule has 0 spiro atoms. The molecule has 0 aliphatic rings. The molecule has 1 heterocycles. The lowest BCUT2D eigenvalue weighted by Crippen LogP contribution is -2.21. The number of aromatic nitrogens is 2. The average molecular weight is 334 g/mol. The van der Waals surface area contributed by atoms with E-state index >= 15 is 0 Å². The van der Waals surface area contributed by atoms with Gasteiger partial charge in [0.25, 0.3) is 5.69 Å². The Morgan fingerprint density at radius 3 is 2.87 bits per heavy atom. The third-order valence-corrected chi connectivity index (χ3v) is 2.96. The molecule has 0 unspecified atom stereocenters. The summed E-state index contributed by atoms with van der Waals surface area (Å²) in [6, 6.07) is 5.82. The maximum atomic E-state index is 10.8. The monoisotopic (exact) mass is 334 g/mol. The Hall–Kier alpha value is -2.88. The Bertz CT molecular complexity index is 786. The van der Waals surface area contributed by atoms with E-state index < -0.39 is 4.92 Å². The van der Waals surface area contributed by atoms with Crippen LogP contribution in [0.25, 0.3) is 0 Å². The third kappa shape index (κ3) is 3.66. The highest BCUT2D eigenvalue weighted by atomic mass is 32.1. The molecule has 0 bridgehead atoms. The molecule has 9 nitrogen and oxygen atoms in total. The quantitative estimate of drug-likeness (QED) is 0.388. The van der Waals surface area contributed by atoms with E-state index in [0.29, 0.717) is 23.7 Å². The van der Waals surface area contributed by atoms with Crippen LogP contribution in [-0.4, -0.2) is 26.4 Å². The van der Waals surface area contributed by atoms with E-state index in [1.54, 1.807) is 19.9 Å². The number of nitro groups is 1. The van der Waals surface area contributed by atoms with Crippen molar-refractivity contribution < 1.29 is 9.66 Å². The molecule has 1 aromatic heterocycles. The smallest absolute Gasteiger partial charge is 0.271 e. The van der Waals surface area contributed by atoms with E-state index in [-0.39, 0.29) is 16.7 Å². The molecule has 1 aromatic carbocycles. The zero-order chi connectivity index (χ0) is 17.0. The number of thiocarbonyl (C=S) groups is 1. The van der Waals surface area contributed by atoms with E-state index in [0.717, 1.165) is 0 Å². The number of nitrogens with two attached hydrogens (primary N) is 1. The summed E-state index contributed by atoms with van der Waals surface area (Å²) >= 11 is 4.91. The Kier molecular flexibility index (Phi) is 4.96. The summed E-state index contributed by atoms with van der Waals surface area (Å²) < 4.78 is 6.73. The zero-order valence-electron chi connectivity index (χ0n) is 12.5. The molecule has 2 rings (SSSR count). The largest absolute Gasteiger partial charge is 0.476 e. The van der Waals surface area contributed by atoms with Gasteiger partial charge in [-0.2, -0.15) is 14.9 Å². The fourth-order valence-electron chi connectivity index (χ4n) is 1.81. The van der Waals surface area contributed by atoms with Crippen LogP contribution < -0.4 is 10.5 Å².